The van der Waals surface area contributed by atoms with Gasteiger partial charge in [-0.15, -0.1) is 0 Å². The Morgan fingerprint density at radius 1 is 0.909 bits per heavy atom. The number of aliphatic hydroxyl groups excluding tert-OH is 2. The Hall–Kier alpha value is -6.28. The van der Waals surface area contributed by atoms with Gasteiger partial charge in [0.25, 0.3) is 0 Å². The zero-order chi connectivity index (χ0) is 55.3. The third-order valence-electron chi connectivity index (χ3n) is 16.2. The number of imide groups is 1. The number of amides is 3. The Bertz CT molecular complexity index is 3010. The van der Waals surface area contributed by atoms with E-state index < -0.39 is 106 Å². The van der Waals surface area contributed by atoms with Crippen LogP contribution in [0.2, 0.25) is 0 Å². The first-order valence-corrected chi connectivity index (χ1v) is 26.5. The van der Waals surface area contributed by atoms with Crippen LogP contribution in [-0.4, -0.2) is 117 Å². The van der Waals surface area contributed by atoms with Crippen LogP contribution in [-0.2, 0) is 44.5 Å². The molecule has 1 saturated carbocycles. The summed E-state index contributed by atoms with van der Waals surface area (Å²) in [5.41, 5.74) is -2.13. The van der Waals surface area contributed by atoms with Crippen LogP contribution in [0.5, 0.6) is 23.0 Å². The number of allylic oxidation sites excluding steroid dienone is 5. The van der Waals surface area contributed by atoms with Crippen LogP contribution < -0.4 is 29.6 Å². The van der Waals surface area contributed by atoms with Crippen molar-refractivity contribution in [1.82, 2.24) is 10.6 Å². The predicted molar refractivity (Wildman–Crippen MR) is 277 cm³/mol. The van der Waals surface area contributed by atoms with Gasteiger partial charge in [0.1, 0.15) is 58.9 Å². The van der Waals surface area contributed by atoms with Gasteiger partial charge in [0.05, 0.1) is 23.3 Å². The molecule has 1 spiro atoms. The molecule has 3 aliphatic carbocycles. The lowest BCUT2D eigenvalue weighted by Gasteiger charge is -2.56. The number of ether oxygens (including phenoxy) is 8. The molecule has 0 radical (unpaired) electrons. The number of benzene rings is 2. The van der Waals surface area contributed by atoms with Crippen molar-refractivity contribution in [2.75, 3.05) is 6.61 Å². The summed E-state index contributed by atoms with van der Waals surface area (Å²) in [6, 6.07) is 4.95. The number of fused-ring (bicyclic) bond motifs is 3. The van der Waals surface area contributed by atoms with E-state index >= 15 is 9.59 Å². The molecule has 4 N–H and O–H groups in total. The number of Topliss-reactive ketones (excluding diaryl/α,β-unsaturated/α-hetero) is 2. The second-order valence-corrected chi connectivity index (χ2v) is 23.3. The molecule has 4 saturated heterocycles. The smallest absolute Gasteiger partial charge is 0.343 e. The number of esters is 1. The number of aliphatic hydroxyl groups is 2. The summed E-state index contributed by atoms with van der Waals surface area (Å²) in [5, 5.41) is 27.0. The van der Waals surface area contributed by atoms with Crippen molar-refractivity contribution in [2.45, 2.75) is 179 Å². The molecule has 410 valence electrons. The molecule has 11 atom stereocenters. The Kier molecular flexibility index (Phi) is 13.7. The minimum absolute atomic E-state index is 0.0328. The van der Waals surface area contributed by atoms with Crippen molar-refractivity contribution >= 4 is 41.3 Å². The number of hydrogen-bond donors (Lipinski definition) is 4. The monoisotopic (exact) mass is 1060 g/mol. The number of carbonyl (C=O) groups is 6. The molecular weight excluding hydrogens is 993 g/mol. The highest BCUT2D eigenvalue weighted by Crippen LogP contribution is 2.69. The van der Waals surface area contributed by atoms with E-state index in [0.29, 0.717) is 36.1 Å². The van der Waals surface area contributed by atoms with E-state index in [1.165, 1.54) is 24.3 Å². The van der Waals surface area contributed by atoms with E-state index in [1.54, 1.807) is 32.9 Å². The van der Waals surface area contributed by atoms with Gasteiger partial charge in [-0.1, -0.05) is 35.5 Å². The molecule has 6 aliphatic heterocycles. The summed E-state index contributed by atoms with van der Waals surface area (Å²) in [7, 11) is 0. The maximum Gasteiger partial charge on any atom is 0.343 e. The van der Waals surface area contributed by atoms with E-state index in [2.05, 4.69) is 16.7 Å². The van der Waals surface area contributed by atoms with Gasteiger partial charge in [-0.05, 0) is 138 Å². The van der Waals surface area contributed by atoms with Crippen LogP contribution in [0, 0.1) is 11.8 Å². The van der Waals surface area contributed by atoms with E-state index in [1.807, 2.05) is 66.7 Å². The van der Waals surface area contributed by atoms with Gasteiger partial charge in [0.15, 0.2) is 34.3 Å². The first-order valence-electron chi connectivity index (χ1n) is 26.5. The van der Waals surface area contributed by atoms with E-state index in [4.69, 9.17) is 37.9 Å². The lowest BCUT2D eigenvalue weighted by atomic mass is 9.51. The van der Waals surface area contributed by atoms with Gasteiger partial charge in [-0.2, -0.15) is 0 Å². The van der Waals surface area contributed by atoms with Gasteiger partial charge in [0, 0.05) is 41.4 Å². The molecule has 3 amide bonds. The number of nitrogens with one attached hydrogen (secondary N) is 2. The average Bonchev–Trinajstić information content (AvgIpc) is 3.62. The standard InChI is InChI=1S/C59H68N2O16/c1-29(2)12-11-23-57(10)24-22-36-46(75-57)35(18-13-30(3)4)48-42(47(36)73-53(69)32-14-16-34(17-15-32)71-54-45(65)44(64)49-39(72-54)28-70-56(8,9)74-49)43(63)37-26-33-27-40-55(6,7)77-58(50(33)66,59(37,40)76-48)25-21-31(5)51(67)60-38-19-20-41(62)61-52(38)68/h12-17,21-22,24,26,33,38-40,44-45,49,54,64-65H,11,18-20,23,25,27-28H2,1-10H3,(H,60,67)(H,61,62,68)/t33?,38?,39-,40?,44-,45-,49-,54-,57?,58?,59?/m1/s1. The fraction of sp³-hybridized carbons (Fsp3) is 0.525. The molecule has 2 aromatic carbocycles. The fourth-order valence-electron chi connectivity index (χ4n) is 12.3. The zero-order valence-electron chi connectivity index (χ0n) is 45.2. The Balaban J connectivity index is 1.04. The first-order chi connectivity index (χ1) is 36.3. The third-order valence-corrected chi connectivity index (χ3v) is 16.2. The zero-order valence-corrected chi connectivity index (χ0v) is 45.2. The molecule has 9 aliphatic rings. The third kappa shape index (κ3) is 9.37. The van der Waals surface area contributed by atoms with Crippen LogP contribution in [0.1, 0.15) is 140 Å². The topological polar surface area (TPSA) is 241 Å². The Morgan fingerprint density at radius 3 is 2.34 bits per heavy atom. The van der Waals surface area contributed by atoms with Crippen molar-refractivity contribution in [2.24, 2.45) is 11.8 Å². The highest BCUT2D eigenvalue weighted by atomic mass is 16.8. The average molecular weight is 1060 g/mol. The SMILES string of the molecule is CC(C)=CCCC1(C)C=Cc2c(c(CC=C(C)C)c3c(c2OC(=O)c2ccc(O[C@@H]4O[C@@H]5COC(C)(C)O[C@H]5[C@H](O)[C@H]4O)cc2)C(=O)C2=CC4CC5C(C)(C)OC(CC=C(C)C(=O)NC6CCC(=O)NC6=O)(C4=O)C25O3)O1. The van der Waals surface area contributed by atoms with Gasteiger partial charge >= 0.3 is 5.97 Å². The van der Waals surface area contributed by atoms with Crippen molar-refractivity contribution in [1.29, 1.82) is 0 Å². The van der Waals surface area contributed by atoms with Crippen LogP contribution in [0.4, 0.5) is 0 Å². The summed E-state index contributed by atoms with van der Waals surface area (Å²) < 4.78 is 51.6. The maximum absolute atomic E-state index is 16.0. The molecule has 77 heavy (non-hydrogen) atoms. The summed E-state index contributed by atoms with van der Waals surface area (Å²) in [5.74, 6) is -5.10. The van der Waals surface area contributed by atoms with Crippen LogP contribution in [0.25, 0.3) is 6.08 Å². The minimum Gasteiger partial charge on any atom is -0.482 e. The predicted octanol–water partition coefficient (Wildman–Crippen LogP) is 6.57. The van der Waals surface area contributed by atoms with Gasteiger partial charge in [0.2, 0.25) is 24.0 Å². The number of ketones is 2. The van der Waals surface area contributed by atoms with Crippen LogP contribution in [0.3, 0.4) is 0 Å². The molecule has 4 bridgehead atoms. The first kappa shape index (κ1) is 54.1. The number of hydrogen-bond acceptors (Lipinski definition) is 16. The Labute approximate surface area is 447 Å². The van der Waals surface area contributed by atoms with Crippen molar-refractivity contribution in [3.8, 4) is 23.0 Å². The molecule has 18 heteroatoms. The van der Waals surface area contributed by atoms with Crippen molar-refractivity contribution in [3.05, 3.63) is 99.2 Å². The molecule has 18 nitrogen and oxygen atoms in total. The second kappa shape index (κ2) is 19.6. The molecule has 2 aromatic rings. The van der Waals surface area contributed by atoms with Gasteiger partial charge in [-0.25, -0.2) is 4.79 Å². The lowest BCUT2D eigenvalue weighted by Crippen LogP contribution is -2.72. The van der Waals surface area contributed by atoms with E-state index in [0.717, 1.165) is 11.1 Å². The molecule has 11 rings (SSSR count). The summed E-state index contributed by atoms with van der Waals surface area (Å²) in [6.07, 6.45) is 7.16. The summed E-state index contributed by atoms with van der Waals surface area (Å²) in [6.45, 7) is 18.7. The van der Waals surface area contributed by atoms with Crippen molar-refractivity contribution < 1.29 is 76.9 Å². The Morgan fingerprint density at radius 2 is 1.64 bits per heavy atom. The summed E-state index contributed by atoms with van der Waals surface area (Å²) >= 11 is 0. The van der Waals surface area contributed by atoms with Gasteiger partial charge < -0.3 is 53.4 Å². The van der Waals surface area contributed by atoms with Crippen LogP contribution in [0.15, 0.2) is 76.9 Å². The number of carbonyl (C=O) groups excluding carboxylic acids is 6. The lowest BCUT2D eigenvalue weighted by molar-refractivity contribution is -0.373. The fourth-order valence-corrected chi connectivity index (χ4v) is 12.3. The second-order valence-electron chi connectivity index (χ2n) is 23.3. The molecule has 6 unspecified atom stereocenters. The van der Waals surface area contributed by atoms with Gasteiger partial charge in [-0.3, -0.25) is 29.3 Å². The normalized spacial score (nSPS) is 32.9. The van der Waals surface area contributed by atoms with E-state index in [9.17, 15) is 29.4 Å². The highest BCUT2D eigenvalue weighted by Gasteiger charge is 2.81. The highest BCUT2D eigenvalue weighted by molar-refractivity contribution is 6.19. The molecule has 6 heterocycles. The molecular formula is C59H68N2O16. The van der Waals surface area contributed by atoms with Crippen LogP contribution >= 0.6 is 0 Å². The number of rotatable bonds is 13. The quantitative estimate of drug-likeness (QED) is 0.0546. The molecule has 5 fully saturated rings. The number of piperidine rings is 1. The van der Waals surface area contributed by atoms with Crippen molar-refractivity contribution in [3.63, 3.8) is 0 Å². The summed E-state index contributed by atoms with van der Waals surface area (Å²) in [4.78, 5) is 83.8. The maximum atomic E-state index is 16.0. The minimum atomic E-state index is -1.82. The van der Waals surface area contributed by atoms with E-state index in [-0.39, 0.29) is 77.6 Å². The molecule has 0 aromatic heterocycles. The largest absolute Gasteiger partial charge is 0.482 e.